The minimum atomic E-state index is -1.03. The van der Waals surface area contributed by atoms with E-state index >= 15 is 0 Å². The number of nitrogens with zero attached hydrogens (tertiary/aromatic N) is 2. The summed E-state index contributed by atoms with van der Waals surface area (Å²) in [5.74, 6) is -1.01. The van der Waals surface area contributed by atoms with Gasteiger partial charge >= 0.3 is 6.09 Å². The number of hydrogen-bond acceptors (Lipinski definition) is 5. The van der Waals surface area contributed by atoms with E-state index in [0.717, 1.165) is 10.5 Å². The van der Waals surface area contributed by atoms with Crippen LogP contribution in [-0.2, 0) is 20.9 Å². The fourth-order valence-corrected chi connectivity index (χ4v) is 2.95. The van der Waals surface area contributed by atoms with Crippen molar-refractivity contribution in [3.63, 3.8) is 0 Å². The lowest BCUT2D eigenvalue weighted by Gasteiger charge is -2.29. The average molecular weight is 437 g/mol. The van der Waals surface area contributed by atoms with Gasteiger partial charge in [-0.1, -0.05) is 60.7 Å². The van der Waals surface area contributed by atoms with Crippen LogP contribution in [0.15, 0.2) is 60.7 Å². The Bertz CT molecular complexity index is 949. The highest BCUT2D eigenvalue weighted by Crippen LogP contribution is 2.21. The van der Waals surface area contributed by atoms with Gasteiger partial charge in [-0.3, -0.25) is 9.59 Å². The monoisotopic (exact) mass is 436 g/mol. The molecule has 0 radical (unpaired) electrons. The van der Waals surface area contributed by atoms with E-state index in [0.29, 0.717) is 5.56 Å². The van der Waals surface area contributed by atoms with Gasteiger partial charge in [0, 0.05) is 6.54 Å². The van der Waals surface area contributed by atoms with Crippen molar-refractivity contribution in [3.05, 3.63) is 71.8 Å². The van der Waals surface area contributed by atoms with Gasteiger partial charge in [0.1, 0.15) is 24.7 Å². The van der Waals surface area contributed by atoms with Gasteiger partial charge in [0.15, 0.2) is 0 Å². The number of hydrogen-bond donors (Lipinski definition) is 2. The van der Waals surface area contributed by atoms with E-state index in [9.17, 15) is 19.6 Å². The van der Waals surface area contributed by atoms with E-state index in [-0.39, 0.29) is 13.1 Å². The smallest absolute Gasteiger partial charge is 0.408 e. The maximum Gasteiger partial charge on any atom is 0.408 e. The lowest BCUT2D eigenvalue weighted by atomic mass is 10.0. The first-order valence-corrected chi connectivity index (χ1v) is 10.2. The average Bonchev–Trinajstić information content (AvgIpc) is 2.76. The van der Waals surface area contributed by atoms with Crippen molar-refractivity contribution in [3.8, 4) is 6.07 Å². The molecule has 8 nitrogen and oxygen atoms in total. The summed E-state index contributed by atoms with van der Waals surface area (Å²) in [6.07, 6.45) is -0.757. The van der Waals surface area contributed by atoms with Crippen molar-refractivity contribution >= 4 is 17.9 Å². The molecule has 0 spiro atoms. The van der Waals surface area contributed by atoms with Crippen LogP contribution in [0.2, 0.25) is 0 Å². The van der Waals surface area contributed by atoms with Crippen LogP contribution in [0.25, 0.3) is 0 Å². The molecule has 0 bridgehead atoms. The van der Waals surface area contributed by atoms with E-state index in [2.05, 4.69) is 10.6 Å². The van der Waals surface area contributed by atoms with Gasteiger partial charge in [0.2, 0.25) is 11.8 Å². The molecular weight excluding hydrogens is 408 g/mol. The second-order valence-corrected chi connectivity index (χ2v) is 8.05. The summed E-state index contributed by atoms with van der Waals surface area (Å²) >= 11 is 0. The van der Waals surface area contributed by atoms with Crippen LogP contribution in [-0.4, -0.2) is 41.5 Å². The molecule has 2 N–H and O–H groups in total. The number of nitrogens with one attached hydrogen (secondary N) is 2. The third-order valence-corrected chi connectivity index (χ3v) is 4.33. The summed E-state index contributed by atoms with van der Waals surface area (Å²) in [6, 6.07) is 19.0. The predicted molar refractivity (Wildman–Crippen MR) is 119 cm³/mol. The maximum absolute atomic E-state index is 13.1. The Morgan fingerprint density at radius 2 is 1.59 bits per heavy atom. The second kappa shape index (κ2) is 11.5. The van der Waals surface area contributed by atoms with Gasteiger partial charge in [-0.05, 0) is 31.9 Å². The van der Waals surface area contributed by atoms with Gasteiger partial charge in [-0.15, -0.1) is 0 Å². The molecule has 3 amide bonds. The molecule has 2 aromatic rings. The number of ether oxygens (including phenoxy) is 1. The van der Waals surface area contributed by atoms with Gasteiger partial charge in [0.05, 0.1) is 6.07 Å². The SMILES string of the molecule is CC(C)(C)OC(=O)NCC(=O)N(CC#N)C(C(=O)NCc1ccccc1)c1ccccc1. The maximum atomic E-state index is 13.1. The minimum absolute atomic E-state index is 0.272. The molecule has 32 heavy (non-hydrogen) atoms. The van der Waals surface area contributed by atoms with Crippen molar-refractivity contribution < 1.29 is 19.1 Å². The number of amides is 3. The second-order valence-electron chi connectivity index (χ2n) is 8.05. The molecule has 0 aliphatic heterocycles. The molecule has 0 aromatic heterocycles. The Labute approximate surface area is 188 Å². The first-order valence-electron chi connectivity index (χ1n) is 10.2. The molecule has 1 unspecified atom stereocenters. The van der Waals surface area contributed by atoms with Gasteiger partial charge in [-0.25, -0.2) is 4.79 Å². The van der Waals surface area contributed by atoms with Crippen LogP contribution in [0.3, 0.4) is 0 Å². The topological polar surface area (TPSA) is 112 Å². The van der Waals surface area contributed by atoms with Crippen molar-refractivity contribution in [2.45, 2.75) is 39.0 Å². The number of nitriles is 1. The highest BCUT2D eigenvalue weighted by atomic mass is 16.6. The molecular formula is C24H28N4O4. The zero-order valence-electron chi connectivity index (χ0n) is 18.5. The largest absolute Gasteiger partial charge is 0.444 e. The predicted octanol–water partition coefficient (Wildman–Crippen LogP) is 2.92. The van der Waals surface area contributed by atoms with E-state index in [4.69, 9.17) is 4.74 Å². The molecule has 0 saturated heterocycles. The van der Waals surface area contributed by atoms with Crippen LogP contribution in [0, 0.1) is 11.3 Å². The van der Waals surface area contributed by atoms with Crippen LogP contribution in [0.4, 0.5) is 4.79 Å². The summed E-state index contributed by atoms with van der Waals surface area (Å²) in [7, 11) is 0. The van der Waals surface area contributed by atoms with Gasteiger partial charge < -0.3 is 20.3 Å². The molecule has 0 aliphatic carbocycles. The Kier molecular flexibility index (Phi) is 8.78. The normalized spacial score (nSPS) is 11.6. The Morgan fingerprint density at radius 1 is 1.00 bits per heavy atom. The van der Waals surface area contributed by atoms with E-state index in [1.807, 2.05) is 36.4 Å². The number of carbonyl (C=O) groups excluding carboxylic acids is 3. The molecule has 8 heteroatoms. The summed E-state index contributed by atoms with van der Waals surface area (Å²) < 4.78 is 5.14. The summed E-state index contributed by atoms with van der Waals surface area (Å²) in [6.45, 7) is 4.66. The number of benzene rings is 2. The Hall–Kier alpha value is -3.86. The standard InChI is InChI=1S/C24H28N4O4/c1-24(2,3)32-23(31)27-17-20(29)28(15-14-25)21(19-12-8-5-9-13-19)22(30)26-16-18-10-6-4-7-11-18/h4-13,21H,15-17H2,1-3H3,(H,26,30)(H,27,31). The first kappa shape index (κ1) is 24.4. The van der Waals surface area contributed by atoms with Crippen molar-refractivity contribution in [1.82, 2.24) is 15.5 Å². The van der Waals surface area contributed by atoms with E-state index in [1.54, 1.807) is 51.1 Å². The highest BCUT2D eigenvalue weighted by molar-refractivity contribution is 5.90. The van der Waals surface area contributed by atoms with Crippen LogP contribution >= 0.6 is 0 Å². The molecule has 0 fully saturated rings. The zero-order valence-corrected chi connectivity index (χ0v) is 18.5. The number of carbonyl (C=O) groups is 3. The first-order chi connectivity index (χ1) is 15.2. The zero-order chi connectivity index (χ0) is 23.6. The van der Waals surface area contributed by atoms with Crippen molar-refractivity contribution in [2.75, 3.05) is 13.1 Å². The van der Waals surface area contributed by atoms with Crippen LogP contribution < -0.4 is 10.6 Å². The molecule has 0 aliphatic rings. The minimum Gasteiger partial charge on any atom is -0.444 e. The van der Waals surface area contributed by atoms with Crippen LogP contribution in [0.5, 0.6) is 0 Å². The van der Waals surface area contributed by atoms with Crippen molar-refractivity contribution in [1.29, 1.82) is 5.26 Å². The molecule has 1 atom stereocenters. The summed E-state index contributed by atoms with van der Waals surface area (Å²) in [5, 5.41) is 14.5. The fraction of sp³-hybridized carbons (Fsp3) is 0.333. The lowest BCUT2D eigenvalue weighted by Crippen LogP contribution is -2.47. The summed E-state index contributed by atoms with van der Waals surface area (Å²) in [4.78, 5) is 39.1. The van der Waals surface area contributed by atoms with E-state index < -0.39 is 36.1 Å². The third-order valence-electron chi connectivity index (χ3n) is 4.33. The molecule has 168 valence electrons. The Morgan fingerprint density at radius 3 is 2.16 bits per heavy atom. The molecule has 2 aromatic carbocycles. The number of alkyl carbamates (subject to hydrolysis) is 1. The number of rotatable bonds is 8. The molecule has 2 rings (SSSR count). The quantitative estimate of drug-likeness (QED) is 0.618. The lowest BCUT2D eigenvalue weighted by molar-refractivity contribution is -0.139. The van der Waals surface area contributed by atoms with Crippen LogP contribution in [0.1, 0.15) is 37.9 Å². The molecule has 0 heterocycles. The third kappa shape index (κ3) is 7.76. The summed E-state index contributed by atoms with van der Waals surface area (Å²) in [5.41, 5.74) is 0.736. The van der Waals surface area contributed by atoms with Crippen molar-refractivity contribution in [2.24, 2.45) is 0 Å². The van der Waals surface area contributed by atoms with E-state index in [1.165, 1.54) is 0 Å². The van der Waals surface area contributed by atoms with Gasteiger partial charge in [0.25, 0.3) is 0 Å². The molecule has 0 saturated carbocycles. The Balaban J connectivity index is 2.19. The highest BCUT2D eigenvalue weighted by Gasteiger charge is 2.31. The fourth-order valence-electron chi connectivity index (χ4n) is 2.95. The van der Waals surface area contributed by atoms with Gasteiger partial charge in [-0.2, -0.15) is 5.26 Å².